The maximum absolute atomic E-state index is 12.8. The van der Waals surface area contributed by atoms with Gasteiger partial charge in [-0.25, -0.2) is 4.79 Å². The number of rotatable bonds is 2. The molecule has 0 saturated carbocycles. The van der Waals surface area contributed by atoms with Gasteiger partial charge in [0, 0.05) is 0 Å². The zero-order chi connectivity index (χ0) is 19.1. The Balaban J connectivity index is 2.05. The van der Waals surface area contributed by atoms with E-state index in [1.54, 1.807) is 31.4 Å². The zero-order valence-electron chi connectivity index (χ0n) is 14.8. The van der Waals surface area contributed by atoms with E-state index in [0.29, 0.717) is 22.5 Å². The van der Waals surface area contributed by atoms with Crippen LogP contribution in [0.1, 0.15) is 22.6 Å². The first-order valence-electron chi connectivity index (χ1n) is 8.33. The highest BCUT2D eigenvalue weighted by Gasteiger charge is 2.35. The number of nitriles is 1. The van der Waals surface area contributed by atoms with E-state index in [1.807, 2.05) is 25.1 Å². The Morgan fingerprint density at radius 1 is 1.22 bits per heavy atom. The van der Waals surface area contributed by atoms with Crippen molar-refractivity contribution >= 4 is 11.0 Å². The smallest absolute Gasteiger partial charge is 0.344 e. The summed E-state index contributed by atoms with van der Waals surface area (Å²) in [6.07, 6.45) is 0. The van der Waals surface area contributed by atoms with Gasteiger partial charge < -0.3 is 19.6 Å². The molecule has 2 aromatic carbocycles. The quantitative estimate of drug-likeness (QED) is 0.704. The Morgan fingerprint density at radius 2 is 2.00 bits per heavy atom. The third kappa shape index (κ3) is 2.52. The van der Waals surface area contributed by atoms with Crippen molar-refractivity contribution in [1.82, 2.24) is 0 Å². The second-order valence-corrected chi connectivity index (χ2v) is 6.28. The molecule has 2 heterocycles. The molecule has 3 aromatic rings. The minimum absolute atomic E-state index is 0.0146. The van der Waals surface area contributed by atoms with Gasteiger partial charge in [-0.1, -0.05) is 24.3 Å². The van der Waals surface area contributed by atoms with Gasteiger partial charge in [0.15, 0.2) is 5.75 Å². The fourth-order valence-corrected chi connectivity index (χ4v) is 3.48. The van der Waals surface area contributed by atoms with Crippen molar-refractivity contribution in [2.45, 2.75) is 12.8 Å². The molecule has 0 aliphatic carbocycles. The molecule has 2 N–H and O–H groups in total. The predicted molar refractivity (Wildman–Crippen MR) is 99.5 cm³/mol. The molecule has 0 unspecified atom stereocenters. The second kappa shape index (κ2) is 6.22. The lowest BCUT2D eigenvalue weighted by Gasteiger charge is -2.26. The van der Waals surface area contributed by atoms with Crippen LogP contribution in [0.2, 0.25) is 0 Å². The van der Waals surface area contributed by atoms with Crippen LogP contribution in [0.3, 0.4) is 0 Å². The van der Waals surface area contributed by atoms with Crippen LogP contribution < -0.4 is 20.8 Å². The molecule has 0 spiro atoms. The number of hydrogen-bond donors (Lipinski definition) is 1. The van der Waals surface area contributed by atoms with E-state index in [1.165, 1.54) is 0 Å². The summed E-state index contributed by atoms with van der Waals surface area (Å²) in [6, 6.07) is 14.6. The number of allylic oxidation sites excluding steroid dienone is 1. The standard InChI is InChI=1S/C21H16N2O4/c1-11-9-12(7-8-15(11)25-2)17-14(10-22)20(23)27-19-13-5-3-4-6-16(13)26-21(24)18(17)19/h3-9,17H,23H2,1-2H3/t17-/m1/s1. The number of nitrogens with two attached hydrogens (primary N) is 1. The van der Waals surface area contributed by atoms with E-state index in [0.717, 1.165) is 11.1 Å². The van der Waals surface area contributed by atoms with Crippen molar-refractivity contribution in [3.05, 3.63) is 81.0 Å². The molecule has 4 rings (SSSR count). The molecule has 6 nitrogen and oxygen atoms in total. The first kappa shape index (κ1) is 16.7. The number of ether oxygens (including phenoxy) is 2. The van der Waals surface area contributed by atoms with E-state index in [-0.39, 0.29) is 17.0 Å². The summed E-state index contributed by atoms with van der Waals surface area (Å²) < 4.78 is 16.5. The van der Waals surface area contributed by atoms with Gasteiger partial charge >= 0.3 is 5.63 Å². The monoisotopic (exact) mass is 360 g/mol. The Hall–Kier alpha value is -3.72. The van der Waals surface area contributed by atoms with Gasteiger partial charge in [0.05, 0.1) is 24.0 Å². The van der Waals surface area contributed by atoms with E-state index >= 15 is 0 Å². The van der Waals surface area contributed by atoms with Gasteiger partial charge in [-0.15, -0.1) is 0 Å². The number of hydrogen-bond acceptors (Lipinski definition) is 6. The largest absolute Gasteiger partial charge is 0.496 e. The van der Waals surface area contributed by atoms with Crippen molar-refractivity contribution < 1.29 is 13.9 Å². The minimum atomic E-state index is -0.677. The first-order valence-corrected chi connectivity index (χ1v) is 8.33. The summed E-state index contributed by atoms with van der Waals surface area (Å²) in [7, 11) is 1.59. The molecule has 0 saturated heterocycles. The molecule has 0 radical (unpaired) electrons. The van der Waals surface area contributed by atoms with Gasteiger partial charge in [-0.05, 0) is 36.2 Å². The first-order chi connectivity index (χ1) is 13.0. The summed E-state index contributed by atoms with van der Waals surface area (Å²) in [5.41, 5.74) is 7.95. The SMILES string of the molecule is COc1ccc([C@@H]2C(C#N)=C(N)Oc3c2c(=O)oc2ccccc32)cc1C. The maximum Gasteiger partial charge on any atom is 0.344 e. The molecule has 0 bridgehead atoms. The fraction of sp³-hybridized carbons (Fsp3) is 0.143. The summed E-state index contributed by atoms with van der Waals surface area (Å²) in [5.74, 6) is 0.354. The topological polar surface area (TPSA) is 98.5 Å². The molecule has 27 heavy (non-hydrogen) atoms. The Bertz CT molecular complexity index is 1200. The molecule has 1 aliphatic rings. The van der Waals surface area contributed by atoms with Crippen LogP contribution in [0.5, 0.6) is 11.5 Å². The number of benzene rings is 2. The van der Waals surface area contributed by atoms with Crippen molar-refractivity contribution in [3.63, 3.8) is 0 Å². The summed E-state index contributed by atoms with van der Waals surface area (Å²) in [6.45, 7) is 1.89. The van der Waals surface area contributed by atoms with E-state index in [9.17, 15) is 10.1 Å². The number of fused-ring (bicyclic) bond motifs is 3. The van der Waals surface area contributed by atoms with Crippen LogP contribution in [0.15, 0.2) is 63.1 Å². The Kier molecular flexibility index (Phi) is 3.85. The van der Waals surface area contributed by atoms with Crippen LogP contribution in [0, 0.1) is 18.3 Å². The van der Waals surface area contributed by atoms with Crippen LogP contribution in [-0.2, 0) is 0 Å². The van der Waals surface area contributed by atoms with Crippen LogP contribution >= 0.6 is 0 Å². The number of aryl methyl sites for hydroxylation is 1. The van der Waals surface area contributed by atoms with Crippen LogP contribution in [0.25, 0.3) is 11.0 Å². The summed E-state index contributed by atoms with van der Waals surface area (Å²) in [4.78, 5) is 12.8. The second-order valence-electron chi connectivity index (χ2n) is 6.28. The molecular formula is C21H16N2O4. The normalized spacial score (nSPS) is 15.8. The molecule has 0 fully saturated rings. The number of para-hydroxylation sites is 1. The van der Waals surface area contributed by atoms with Gasteiger partial charge in [0.2, 0.25) is 5.88 Å². The third-order valence-electron chi connectivity index (χ3n) is 4.73. The Labute approximate surface area is 155 Å². The van der Waals surface area contributed by atoms with Crippen molar-refractivity contribution in [2.24, 2.45) is 5.73 Å². The molecule has 0 amide bonds. The number of nitrogens with zero attached hydrogens (tertiary/aromatic N) is 1. The van der Waals surface area contributed by atoms with Crippen molar-refractivity contribution in [2.75, 3.05) is 7.11 Å². The van der Waals surface area contributed by atoms with Gasteiger partial charge in [0.1, 0.15) is 23.0 Å². The highest BCUT2D eigenvalue weighted by molar-refractivity contribution is 5.86. The maximum atomic E-state index is 12.8. The van der Waals surface area contributed by atoms with Gasteiger partial charge in [-0.3, -0.25) is 0 Å². The van der Waals surface area contributed by atoms with E-state index < -0.39 is 11.5 Å². The lowest BCUT2D eigenvalue weighted by molar-refractivity contribution is 0.388. The van der Waals surface area contributed by atoms with Crippen LogP contribution in [0.4, 0.5) is 0 Å². The lowest BCUT2D eigenvalue weighted by atomic mass is 9.83. The Morgan fingerprint density at radius 3 is 2.70 bits per heavy atom. The van der Waals surface area contributed by atoms with E-state index in [2.05, 4.69) is 6.07 Å². The average Bonchev–Trinajstić information content (AvgIpc) is 2.67. The highest BCUT2D eigenvalue weighted by atomic mass is 16.5. The summed E-state index contributed by atoms with van der Waals surface area (Å²) in [5, 5.41) is 10.3. The molecule has 1 aromatic heterocycles. The average molecular weight is 360 g/mol. The molecule has 134 valence electrons. The lowest BCUT2D eigenvalue weighted by Crippen LogP contribution is -2.26. The van der Waals surface area contributed by atoms with Crippen molar-refractivity contribution in [1.29, 1.82) is 5.26 Å². The third-order valence-corrected chi connectivity index (χ3v) is 4.73. The van der Waals surface area contributed by atoms with Crippen LogP contribution in [-0.4, -0.2) is 7.11 Å². The molecule has 1 atom stereocenters. The van der Waals surface area contributed by atoms with Gasteiger partial charge in [-0.2, -0.15) is 5.26 Å². The number of methoxy groups -OCH3 is 1. The predicted octanol–water partition coefficient (Wildman–Crippen LogP) is 3.33. The summed E-state index contributed by atoms with van der Waals surface area (Å²) >= 11 is 0. The molecule has 1 aliphatic heterocycles. The molecule has 6 heteroatoms. The van der Waals surface area contributed by atoms with Crippen molar-refractivity contribution in [3.8, 4) is 17.6 Å². The fourth-order valence-electron chi connectivity index (χ4n) is 3.48. The van der Waals surface area contributed by atoms with E-state index in [4.69, 9.17) is 19.6 Å². The van der Waals surface area contributed by atoms with Gasteiger partial charge in [0.25, 0.3) is 0 Å². The highest BCUT2D eigenvalue weighted by Crippen LogP contribution is 2.43. The minimum Gasteiger partial charge on any atom is -0.496 e. The molecular weight excluding hydrogens is 344 g/mol. The zero-order valence-corrected chi connectivity index (χ0v) is 14.8.